The number of halogens is 1. The van der Waals surface area contributed by atoms with Gasteiger partial charge in [-0.3, -0.25) is 0 Å². The highest BCUT2D eigenvalue weighted by atomic mass is 19.1. The summed E-state index contributed by atoms with van der Waals surface area (Å²) in [5.41, 5.74) is 2.74. The average Bonchev–Trinajstić information content (AvgIpc) is 3.04. The van der Waals surface area contributed by atoms with E-state index in [4.69, 9.17) is 5.26 Å². The van der Waals surface area contributed by atoms with E-state index in [2.05, 4.69) is 22.3 Å². The minimum Gasteiger partial charge on any atom is -0.372 e. The summed E-state index contributed by atoms with van der Waals surface area (Å²) in [4.78, 5) is 2.35. The molecule has 0 atom stereocenters. The van der Waals surface area contributed by atoms with Gasteiger partial charge in [0.2, 0.25) is 0 Å². The molecule has 1 aliphatic heterocycles. The van der Waals surface area contributed by atoms with Crippen molar-refractivity contribution in [3.63, 3.8) is 0 Å². The molecule has 3 rings (SSSR count). The summed E-state index contributed by atoms with van der Waals surface area (Å²) in [6, 6.07) is 14.3. The van der Waals surface area contributed by atoms with Gasteiger partial charge in [0.15, 0.2) is 0 Å². The van der Waals surface area contributed by atoms with E-state index in [1.54, 1.807) is 12.1 Å². The van der Waals surface area contributed by atoms with Gasteiger partial charge < -0.3 is 10.2 Å². The largest absolute Gasteiger partial charge is 0.372 e. The molecule has 2 aromatic rings. The number of nitriles is 1. The standard InChI is InChI=1S/C17H16FN3/c18-16-11-13(12-19)3-8-17(16)20-14-4-6-15(7-5-14)21-9-1-2-10-21/h3-8,11,20H,1-2,9-10H2. The van der Waals surface area contributed by atoms with Crippen molar-refractivity contribution in [3.8, 4) is 6.07 Å². The van der Waals surface area contributed by atoms with E-state index in [1.165, 1.54) is 24.6 Å². The molecule has 1 saturated heterocycles. The van der Waals surface area contributed by atoms with Gasteiger partial charge in [0.05, 0.1) is 17.3 Å². The molecule has 0 aromatic heterocycles. The van der Waals surface area contributed by atoms with E-state index in [0.29, 0.717) is 11.3 Å². The lowest BCUT2D eigenvalue weighted by Gasteiger charge is -2.18. The van der Waals surface area contributed by atoms with Crippen LogP contribution < -0.4 is 10.2 Å². The van der Waals surface area contributed by atoms with Crippen LogP contribution >= 0.6 is 0 Å². The Morgan fingerprint density at radius 2 is 1.76 bits per heavy atom. The van der Waals surface area contributed by atoms with Gasteiger partial charge >= 0.3 is 0 Å². The fraction of sp³-hybridized carbons (Fsp3) is 0.235. The second kappa shape index (κ2) is 5.84. The molecular formula is C17H16FN3. The second-order valence-corrected chi connectivity index (χ2v) is 5.17. The molecule has 0 unspecified atom stereocenters. The molecule has 1 heterocycles. The van der Waals surface area contributed by atoms with Crippen molar-refractivity contribution in [2.75, 3.05) is 23.3 Å². The van der Waals surface area contributed by atoms with Crippen LogP contribution in [0.5, 0.6) is 0 Å². The zero-order chi connectivity index (χ0) is 14.7. The Balaban J connectivity index is 1.74. The fourth-order valence-electron chi connectivity index (χ4n) is 2.57. The summed E-state index contributed by atoms with van der Waals surface area (Å²) >= 11 is 0. The van der Waals surface area contributed by atoms with Gasteiger partial charge in [-0.25, -0.2) is 4.39 Å². The molecule has 106 valence electrons. The normalized spacial score (nSPS) is 14.0. The Bertz CT molecular complexity index is 667. The highest BCUT2D eigenvalue weighted by Gasteiger charge is 2.12. The molecule has 1 N–H and O–H groups in total. The van der Waals surface area contributed by atoms with Crippen LogP contribution in [-0.4, -0.2) is 13.1 Å². The van der Waals surface area contributed by atoms with Crippen LogP contribution in [0.4, 0.5) is 21.5 Å². The summed E-state index contributed by atoms with van der Waals surface area (Å²) in [7, 11) is 0. The predicted octanol–water partition coefficient (Wildman–Crippen LogP) is 4.04. The SMILES string of the molecule is N#Cc1ccc(Nc2ccc(N3CCCC3)cc2)c(F)c1. The van der Waals surface area contributed by atoms with E-state index in [9.17, 15) is 4.39 Å². The van der Waals surface area contributed by atoms with Crippen molar-refractivity contribution in [1.29, 1.82) is 5.26 Å². The highest BCUT2D eigenvalue weighted by Crippen LogP contribution is 2.25. The Kier molecular flexibility index (Phi) is 3.74. The van der Waals surface area contributed by atoms with E-state index < -0.39 is 5.82 Å². The van der Waals surface area contributed by atoms with Crippen LogP contribution in [0.25, 0.3) is 0 Å². The molecule has 1 aliphatic rings. The summed E-state index contributed by atoms with van der Waals surface area (Å²) < 4.78 is 13.8. The van der Waals surface area contributed by atoms with Crippen molar-refractivity contribution in [2.45, 2.75) is 12.8 Å². The number of nitrogens with one attached hydrogen (secondary N) is 1. The maximum absolute atomic E-state index is 13.8. The first-order valence-corrected chi connectivity index (χ1v) is 7.08. The first-order chi connectivity index (χ1) is 10.3. The van der Waals surface area contributed by atoms with E-state index in [1.807, 2.05) is 18.2 Å². The number of hydrogen-bond acceptors (Lipinski definition) is 3. The molecule has 1 fully saturated rings. The Hall–Kier alpha value is -2.54. The number of anilines is 3. The van der Waals surface area contributed by atoms with Gasteiger partial charge in [0.1, 0.15) is 5.82 Å². The molecule has 3 nitrogen and oxygen atoms in total. The van der Waals surface area contributed by atoms with E-state index >= 15 is 0 Å². The Labute approximate surface area is 123 Å². The maximum Gasteiger partial charge on any atom is 0.147 e. The Morgan fingerprint density at radius 1 is 1.05 bits per heavy atom. The minimum atomic E-state index is -0.419. The number of hydrogen-bond donors (Lipinski definition) is 1. The van der Waals surface area contributed by atoms with Crippen LogP contribution in [-0.2, 0) is 0 Å². The molecule has 0 radical (unpaired) electrons. The molecule has 0 saturated carbocycles. The summed E-state index contributed by atoms with van der Waals surface area (Å²) in [6.45, 7) is 2.22. The van der Waals surface area contributed by atoms with Crippen LogP contribution in [0.2, 0.25) is 0 Å². The predicted molar refractivity (Wildman–Crippen MR) is 82.3 cm³/mol. The zero-order valence-electron chi connectivity index (χ0n) is 11.6. The molecule has 4 heteroatoms. The van der Waals surface area contributed by atoms with Gasteiger partial charge in [-0.05, 0) is 55.3 Å². The zero-order valence-corrected chi connectivity index (χ0v) is 11.6. The molecule has 0 spiro atoms. The average molecular weight is 281 g/mol. The first kappa shape index (κ1) is 13.4. The third-order valence-corrected chi connectivity index (χ3v) is 3.72. The number of nitrogens with zero attached hydrogens (tertiary/aromatic N) is 2. The lowest BCUT2D eigenvalue weighted by atomic mass is 10.2. The molecule has 0 amide bonds. The topological polar surface area (TPSA) is 39.1 Å². The van der Waals surface area contributed by atoms with Crippen LogP contribution in [0.1, 0.15) is 18.4 Å². The summed E-state index contributed by atoms with van der Waals surface area (Å²) in [5, 5.41) is 11.8. The summed E-state index contributed by atoms with van der Waals surface area (Å²) in [6.07, 6.45) is 2.49. The molecule has 0 bridgehead atoms. The lowest BCUT2D eigenvalue weighted by molar-refractivity contribution is 0.631. The minimum absolute atomic E-state index is 0.322. The smallest absolute Gasteiger partial charge is 0.147 e. The molecule has 2 aromatic carbocycles. The van der Waals surface area contributed by atoms with Gasteiger partial charge in [0, 0.05) is 24.5 Å². The highest BCUT2D eigenvalue weighted by molar-refractivity contribution is 5.64. The fourth-order valence-corrected chi connectivity index (χ4v) is 2.57. The van der Waals surface area contributed by atoms with Crippen molar-refractivity contribution < 1.29 is 4.39 Å². The Morgan fingerprint density at radius 3 is 2.38 bits per heavy atom. The van der Waals surface area contributed by atoms with Gasteiger partial charge in [0.25, 0.3) is 0 Å². The van der Waals surface area contributed by atoms with E-state index in [-0.39, 0.29) is 0 Å². The first-order valence-electron chi connectivity index (χ1n) is 7.08. The molecule has 21 heavy (non-hydrogen) atoms. The monoisotopic (exact) mass is 281 g/mol. The summed E-state index contributed by atoms with van der Waals surface area (Å²) in [5.74, 6) is -0.419. The van der Waals surface area contributed by atoms with Crippen molar-refractivity contribution in [1.82, 2.24) is 0 Å². The lowest BCUT2D eigenvalue weighted by Crippen LogP contribution is -2.17. The van der Waals surface area contributed by atoms with Gasteiger partial charge in [-0.15, -0.1) is 0 Å². The number of benzene rings is 2. The number of rotatable bonds is 3. The van der Waals surface area contributed by atoms with Crippen LogP contribution in [0.15, 0.2) is 42.5 Å². The third-order valence-electron chi connectivity index (χ3n) is 3.72. The van der Waals surface area contributed by atoms with Crippen LogP contribution in [0.3, 0.4) is 0 Å². The maximum atomic E-state index is 13.8. The van der Waals surface area contributed by atoms with Gasteiger partial charge in [-0.1, -0.05) is 0 Å². The van der Waals surface area contributed by atoms with Crippen molar-refractivity contribution >= 4 is 17.1 Å². The second-order valence-electron chi connectivity index (χ2n) is 5.17. The third kappa shape index (κ3) is 2.97. The quantitative estimate of drug-likeness (QED) is 0.922. The van der Waals surface area contributed by atoms with Crippen molar-refractivity contribution in [3.05, 3.63) is 53.8 Å². The van der Waals surface area contributed by atoms with Gasteiger partial charge in [-0.2, -0.15) is 5.26 Å². The van der Waals surface area contributed by atoms with Crippen LogP contribution in [0, 0.1) is 17.1 Å². The molecule has 0 aliphatic carbocycles. The van der Waals surface area contributed by atoms with Crippen molar-refractivity contribution in [2.24, 2.45) is 0 Å². The van der Waals surface area contributed by atoms with E-state index in [0.717, 1.165) is 18.8 Å². The molecular weight excluding hydrogens is 265 g/mol.